The Labute approximate surface area is 163 Å². The molecule has 8 heteroatoms. The monoisotopic (exact) mass is 397 g/mol. The Balaban J connectivity index is 2.16. The summed E-state index contributed by atoms with van der Waals surface area (Å²) in [6.45, 7) is 1.82. The van der Waals surface area contributed by atoms with Crippen molar-refractivity contribution in [2.75, 3.05) is 10.2 Å². The molecule has 0 aliphatic carbocycles. The number of hydrogen-bond acceptors (Lipinski definition) is 4. The molecule has 0 saturated heterocycles. The lowest BCUT2D eigenvalue weighted by molar-refractivity contribution is -0.122. The smallest absolute Gasteiger partial charge is 0.252 e. The minimum Gasteiger partial charge on any atom is -0.322 e. The molecule has 3 N–H and O–H groups in total. The molecule has 2 aromatic rings. The van der Waals surface area contributed by atoms with E-state index in [1.54, 1.807) is 42.5 Å². The summed E-state index contributed by atoms with van der Waals surface area (Å²) in [5.74, 6) is -0.857. The molecular weight excluding hydrogens is 378 g/mol. The van der Waals surface area contributed by atoms with Gasteiger partial charge in [-0.2, -0.15) is 0 Å². The average molecular weight is 397 g/mol. The summed E-state index contributed by atoms with van der Waals surface area (Å²) >= 11 is 0. The van der Waals surface area contributed by atoms with Crippen LogP contribution in [-0.4, -0.2) is 20.2 Å². The fourth-order valence-electron chi connectivity index (χ4n) is 2.97. The van der Waals surface area contributed by atoms with Gasteiger partial charge in [-0.3, -0.25) is 14.5 Å². The normalized spacial score (nSPS) is 17.0. The number of allylic oxidation sites excluding steroid dienone is 3. The van der Waals surface area contributed by atoms with Gasteiger partial charge in [-0.15, -0.1) is 0 Å². The van der Waals surface area contributed by atoms with Crippen molar-refractivity contribution in [2.24, 2.45) is 5.14 Å². The number of amides is 2. The van der Waals surface area contributed by atoms with Gasteiger partial charge in [-0.25, -0.2) is 13.6 Å². The second-order valence-electron chi connectivity index (χ2n) is 6.12. The number of nitrogens with two attached hydrogens (primary N) is 1. The highest BCUT2D eigenvalue weighted by molar-refractivity contribution is 7.89. The number of rotatable bonds is 4. The van der Waals surface area contributed by atoms with E-state index in [0.29, 0.717) is 11.3 Å². The average Bonchev–Trinajstić information content (AvgIpc) is 2.66. The SMILES string of the molecule is C/C=C/C=C/C(=O)N1c2ccc(S(N)(=O)=O)cc2NC(=O)C1c1ccccc1. The molecule has 2 aromatic carbocycles. The zero-order valence-corrected chi connectivity index (χ0v) is 15.9. The van der Waals surface area contributed by atoms with E-state index in [2.05, 4.69) is 5.32 Å². The summed E-state index contributed by atoms with van der Waals surface area (Å²) in [6, 6.07) is 12.0. The second-order valence-corrected chi connectivity index (χ2v) is 7.68. The highest BCUT2D eigenvalue weighted by atomic mass is 32.2. The van der Waals surface area contributed by atoms with E-state index in [-0.39, 0.29) is 10.6 Å². The summed E-state index contributed by atoms with van der Waals surface area (Å²) in [7, 11) is -3.95. The van der Waals surface area contributed by atoms with Crippen molar-refractivity contribution in [3.8, 4) is 0 Å². The maximum atomic E-state index is 12.9. The molecule has 1 heterocycles. The fourth-order valence-corrected chi connectivity index (χ4v) is 3.51. The van der Waals surface area contributed by atoms with Crippen molar-refractivity contribution in [3.05, 3.63) is 78.4 Å². The highest BCUT2D eigenvalue weighted by Gasteiger charge is 2.37. The van der Waals surface area contributed by atoms with Crippen LogP contribution in [0.1, 0.15) is 18.5 Å². The number of carbonyl (C=O) groups is 2. The predicted octanol–water partition coefficient (Wildman–Crippen LogP) is 2.49. The van der Waals surface area contributed by atoms with Gasteiger partial charge in [0.25, 0.3) is 11.8 Å². The van der Waals surface area contributed by atoms with Crippen molar-refractivity contribution in [1.82, 2.24) is 0 Å². The first kappa shape index (κ1) is 19.5. The molecule has 2 amide bonds. The van der Waals surface area contributed by atoms with Gasteiger partial charge in [0.15, 0.2) is 0 Å². The van der Waals surface area contributed by atoms with E-state index in [4.69, 9.17) is 5.14 Å². The van der Waals surface area contributed by atoms with Gasteiger partial charge in [0.05, 0.1) is 16.3 Å². The summed E-state index contributed by atoms with van der Waals surface area (Å²) in [6.07, 6.45) is 6.40. The van der Waals surface area contributed by atoms with Crippen LogP contribution >= 0.6 is 0 Å². The second kappa shape index (κ2) is 7.79. The number of sulfonamides is 1. The number of hydrogen-bond donors (Lipinski definition) is 2. The van der Waals surface area contributed by atoms with Gasteiger partial charge in [-0.1, -0.05) is 48.6 Å². The van der Waals surface area contributed by atoms with E-state index in [1.165, 1.54) is 29.2 Å². The molecular formula is C20H19N3O4S. The van der Waals surface area contributed by atoms with Crippen molar-refractivity contribution < 1.29 is 18.0 Å². The largest absolute Gasteiger partial charge is 0.322 e. The lowest BCUT2D eigenvalue weighted by Crippen LogP contribution is -2.44. The first-order valence-electron chi connectivity index (χ1n) is 8.48. The molecule has 1 aliphatic heterocycles. The third-order valence-electron chi connectivity index (χ3n) is 4.22. The molecule has 0 fully saturated rings. The molecule has 1 atom stereocenters. The van der Waals surface area contributed by atoms with Gasteiger partial charge >= 0.3 is 0 Å². The van der Waals surface area contributed by atoms with E-state index in [1.807, 2.05) is 13.0 Å². The summed E-state index contributed by atoms with van der Waals surface area (Å²) in [4.78, 5) is 27.0. The predicted molar refractivity (Wildman–Crippen MR) is 107 cm³/mol. The van der Waals surface area contributed by atoms with Crippen molar-refractivity contribution in [2.45, 2.75) is 17.9 Å². The summed E-state index contributed by atoms with van der Waals surface area (Å²) < 4.78 is 23.3. The van der Waals surface area contributed by atoms with Crippen LogP contribution in [0.15, 0.2) is 77.7 Å². The number of anilines is 2. The number of primary sulfonamides is 1. The fraction of sp³-hybridized carbons (Fsp3) is 0.100. The molecule has 0 saturated carbocycles. The third kappa shape index (κ3) is 3.88. The van der Waals surface area contributed by atoms with E-state index < -0.39 is 27.9 Å². The van der Waals surface area contributed by atoms with Crippen LogP contribution in [0.5, 0.6) is 0 Å². The molecule has 28 heavy (non-hydrogen) atoms. The third-order valence-corrected chi connectivity index (χ3v) is 5.13. The number of fused-ring (bicyclic) bond motifs is 1. The van der Waals surface area contributed by atoms with Crippen LogP contribution < -0.4 is 15.4 Å². The Bertz CT molecular complexity index is 1080. The van der Waals surface area contributed by atoms with E-state index >= 15 is 0 Å². The molecule has 1 aliphatic rings. The van der Waals surface area contributed by atoms with Crippen molar-refractivity contribution >= 4 is 33.2 Å². The lowest BCUT2D eigenvalue weighted by Gasteiger charge is -2.36. The molecule has 3 rings (SSSR count). The summed E-state index contributed by atoms with van der Waals surface area (Å²) in [5, 5.41) is 7.86. The number of nitrogens with one attached hydrogen (secondary N) is 1. The van der Waals surface area contributed by atoms with Crippen LogP contribution in [0.2, 0.25) is 0 Å². The Hall–Kier alpha value is -3.23. The van der Waals surface area contributed by atoms with Crippen LogP contribution in [0, 0.1) is 0 Å². The van der Waals surface area contributed by atoms with E-state index in [0.717, 1.165) is 0 Å². The van der Waals surface area contributed by atoms with Crippen molar-refractivity contribution in [3.63, 3.8) is 0 Å². The Morgan fingerprint density at radius 1 is 1.14 bits per heavy atom. The molecule has 0 radical (unpaired) electrons. The zero-order valence-electron chi connectivity index (χ0n) is 15.1. The lowest BCUT2D eigenvalue weighted by atomic mass is 10.00. The van der Waals surface area contributed by atoms with Crippen LogP contribution in [0.3, 0.4) is 0 Å². The minimum absolute atomic E-state index is 0.151. The maximum Gasteiger partial charge on any atom is 0.252 e. The van der Waals surface area contributed by atoms with Gasteiger partial charge in [0, 0.05) is 6.08 Å². The molecule has 0 spiro atoms. The molecule has 0 aromatic heterocycles. The Kier molecular flexibility index (Phi) is 5.43. The first-order chi connectivity index (χ1) is 13.3. The summed E-state index contributed by atoms with van der Waals surface area (Å²) in [5.41, 5.74) is 1.22. The van der Waals surface area contributed by atoms with Gasteiger partial charge in [0.1, 0.15) is 6.04 Å². The molecule has 1 unspecified atom stereocenters. The van der Waals surface area contributed by atoms with Gasteiger partial charge in [0.2, 0.25) is 10.0 Å². The molecule has 0 bridgehead atoms. The Morgan fingerprint density at radius 3 is 2.50 bits per heavy atom. The van der Waals surface area contributed by atoms with Gasteiger partial charge in [-0.05, 0) is 30.7 Å². The quantitative estimate of drug-likeness (QED) is 0.610. The van der Waals surface area contributed by atoms with Crippen LogP contribution in [-0.2, 0) is 19.6 Å². The number of nitrogens with zero attached hydrogens (tertiary/aromatic N) is 1. The number of benzene rings is 2. The molecule has 144 valence electrons. The zero-order chi connectivity index (χ0) is 20.3. The van der Waals surface area contributed by atoms with Crippen molar-refractivity contribution in [1.29, 1.82) is 0 Å². The molecule has 7 nitrogen and oxygen atoms in total. The highest BCUT2D eigenvalue weighted by Crippen LogP contribution is 2.39. The maximum absolute atomic E-state index is 12.9. The standard InChI is InChI=1S/C20H19N3O4S/c1-2-3-5-10-18(24)23-17-12-11-15(28(21,26)27)13-16(17)22-20(25)19(23)14-8-6-4-7-9-14/h2-13,19H,1H3,(H,22,25)(H2,21,26,27)/b3-2+,10-5+. The number of carbonyl (C=O) groups excluding carboxylic acids is 2. The van der Waals surface area contributed by atoms with Crippen LogP contribution in [0.4, 0.5) is 11.4 Å². The van der Waals surface area contributed by atoms with E-state index in [9.17, 15) is 18.0 Å². The van der Waals surface area contributed by atoms with Crippen LogP contribution in [0.25, 0.3) is 0 Å². The topological polar surface area (TPSA) is 110 Å². The minimum atomic E-state index is -3.95. The Morgan fingerprint density at radius 2 is 1.86 bits per heavy atom. The van der Waals surface area contributed by atoms with Gasteiger partial charge < -0.3 is 5.32 Å². The first-order valence-corrected chi connectivity index (χ1v) is 10.0.